The molecular weight excluding hydrogens is 180 g/mol. The van der Waals surface area contributed by atoms with Crippen molar-refractivity contribution < 1.29 is 0 Å². The minimum Gasteiger partial charge on any atom is -0.236 e. The van der Waals surface area contributed by atoms with E-state index in [0.717, 1.165) is 11.8 Å². The molecule has 2 rings (SSSR count). The Kier molecular flexibility index (Phi) is 2.23. The summed E-state index contributed by atoms with van der Waals surface area (Å²) in [4.78, 5) is 4.25. The fourth-order valence-corrected chi connectivity index (χ4v) is 1.73. The smallest absolute Gasteiger partial charge is 0.130 e. The van der Waals surface area contributed by atoms with E-state index < -0.39 is 0 Å². The van der Waals surface area contributed by atoms with E-state index in [-0.39, 0.29) is 0 Å². The summed E-state index contributed by atoms with van der Waals surface area (Å²) in [5.41, 5.74) is 2.24. The van der Waals surface area contributed by atoms with E-state index in [2.05, 4.69) is 18.9 Å². The molecular formula is C10H9BClN. The number of benzene rings is 1. The number of halogens is 1. The number of rotatable bonds is 1. The van der Waals surface area contributed by atoms with Crippen LogP contribution in [0.25, 0.3) is 10.9 Å². The Hall–Kier alpha value is -1.02. The molecule has 0 N–H and O–H groups in total. The summed E-state index contributed by atoms with van der Waals surface area (Å²) in [7, 11) is 2.12. The standard InChI is InChI=1S/C10H9BClN/c11-6-7-5-10(12)13-9-4-2-1-3-8(7)9/h1-5H,6,11H2. The number of hydrogen-bond donors (Lipinski definition) is 0. The number of para-hydroxylation sites is 1. The maximum atomic E-state index is 5.89. The van der Waals surface area contributed by atoms with Gasteiger partial charge in [0.2, 0.25) is 0 Å². The summed E-state index contributed by atoms with van der Waals surface area (Å²) in [6, 6.07) is 10.0. The van der Waals surface area contributed by atoms with Gasteiger partial charge in [-0.2, -0.15) is 0 Å². The second-order valence-electron chi connectivity index (χ2n) is 2.97. The molecule has 0 radical (unpaired) electrons. The second-order valence-corrected chi connectivity index (χ2v) is 3.36. The second kappa shape index (κ2) is 3.39. The fourth-order valence-electron chi connectivity index (χ4n) is 1.50. The molecule has 0 bridgehead atoms. The highest BCUT2D eigenvalue weighted by Crippen LogP contribution is 2.20. The highest BCUT2D eigenvalue weighted by molar-refractivity contribution is 6.30. The lowest BCUT2D eigenvalue weighted by Crippen LogP contribution is -1.89. The van der Waals surface area contributed by atoms with Gasteiger partial charge >= 0.3 is 0 Å². The van der Waals surface area contributed by atoms with Crippen LogP contribution in [0.5, 0.6) is 0 Å². The van der Waals surface area contributed by atoms with Crippen molar-refractivity contribution in [1.82, 2.24) is 4.98 Å². The molecule has 1 aromatic carbocycles. The number of aromatic nitrogens is 1. The van der Waals surface area contributed by atoms with Gasteiger partial charge in [0.15, 0.2) is 0 Å². The molecule has 0 saturated carbocycles. The van der Waals surface area contributed by atoms with Crippen molar-refractivity contribution in [2.24, 2.45) is 0 Å². The Morgan fingerprint density at radius 1 is 1.31 bits per heavy atom. The molecule has 1 aromatic heterocycles. The lowest BCUT2D eigenvalue weighted by atomic mass is 9.94. The molecule has 0 fully saturated rings. The van der Waals surface area contributed by atoms with Gasteiger partial charge < -0.3 is 0 Å². The van der Waals surface area contributed by atoms with Crippen LogP contribution in [-0.4, -0.2) is 12.8 Å². The minimum absolute atomic E-state index is 0.579. The Labute approximate surface area is 83.2 Å². The summed E-state index contributed by atoms with van der Waals surface area (Å²) < 4.78 is 0. The first-order valence-electron chi connectivity index (χ1n) is 4.35. The summed E-state index contributed by atoms with van der Waals surface area (Å²) in [6.07, 6.45) is 0.989. The van der Waals surface area contributed by atoms with Crippen LogP contribution < -0.4 is 0 Å². The fraction of sp³-hybridized carbons (Fsp3) is 0.100. The van der Waals surface area contributed by atoms with Crippen molar-refractivity contribution >= 4 is 30.4 Å². The average molecular weight is 189 g/mol. The topological polar surface area (TPSA) is 12.9 Å². The molecule has 0 amide bonds. The third-order valence-corrected chi connectivity index (χ3v) is 2.35. The van der Waals surface area contributed by atoms with E-state index in [0.29, 0.717) is 5.15 Å². The van der Waals surface area contributed by atoms with Crippen LogP contribution in [0.3, 0.4) is 0 Å². The molecule has 3 heteroatoms. The molecule has 64 valence electrons. The van der Waals surface area contributed by atoms with Gasteiger partial charge in [-0.25, -0.2) is 4.98 Å². The molecule has 0 saturated heterocycles. The molecule has 0 aliphatic heterocycles. The van der Waals surface area contributed by atoms with Gasteiger partial charge in [-0.3, -0.25) is 0 Å². The van der Waals surface area contributed by atoms with Crippen molar-refractivity contribution in [1.29, 1.82) is 0 Å². The van der Waals surface area contributed by atoms with Crippen LogP contribution in [0.1, 0.15) is 5.56 Å². The van der Waals surface area contributed by atoms with Gasteiger partial charge in [-0.15, -0.1) is 0 Å². The van der Waals surface area contributed by atoms with Crippen molar-refractivity contribution in [2.45, 2.75) is 6.32 Å². The third-order valence-electron chi connectivity index (χ3n) is 2.15. The lowest BCUT2D eigenvalue weighted by molar-refractivity contribution is 1.34. The predicted molar refractivity (Wildman–Crippen MR) is 59.0 cm³/mol. The number of pyridine rings is 1. The van der Waals surface area contributed by atoms with Gasteiger partial charge in [-0.05, 0) is 17.7 Å². The van der Waals surface area contributed by atoms with E-state index in [1.54, 1.807) is 0 Å². The van der Waals surface area contributed by atoms with Gasteiger partial charge in [0.05, 0.1) is 5.52 Å². The van der Waals surface area contributed by atoms with Crippen molar-refractivity contribution in [3.05, 3.63) is 41.0 Å². The van der Waals surface area contributed by atoms with Gasteiger partial charge in [0, 0.05) is 5.39 Å². The van der Waals surface area contributed by atoms with Crippen LogP contribution in [0, 0.1) is 0 Å². The van der Waals surface area contributed by atoms with E-state index >= 15 is 0 Å². The number of fused-ring (bicyclic) bond motifs is 1. The molecule has 1 heterocycles. The van der Waals surface area contributed by atoms with Crippen molar-refractivity contribution in [3.8, 4) is 0 Å². The highest BCUT2D eigenvalue weighted by atomic mass is 35.5. The quantitative estimate of drug-likeness (QED) is 0.494. The molecule has 0 spiro atoms. The first-order valence-corrected chi connectivity index (χ1v) is 4.73. The summed E-state index contributed by atoms with van der Waals surface area (Å²) >= 11 is 5.89. The molecule has 0 atom stereocenters. The van der Waals surface area contributed by atoms with Crippen LogP contribution in [0.15, 0.2) is 30.3 Å². The Morgan fingerprint density at radius 2 is 2.08 bits per heavy atom. The largest absolute Gasteiger partial charge is 0.236 e. The zero-order valence-corrected chi connectivity index (χ0v) is 8.17. The SMILES string of the molecule is BCc1cc(Cl)nc2ccccc12. The van der Waals surface area contributed by atoms with Gasteiger partial charge in [-0.1, -0.05) is 36.1 Å². The van der Waals surface area contributed by atoms with Crippen LogP contribution in [0.4, 0.5) is 0 Å². The van der Waals surface area contributed by atoms with E-state index in [1.165, 1.54) is 10.9 Å². The third kappa shape index (κ3) is 1.54. The monoisotopic (exact) mass is 189 g/mol. The highest BCUT2D eigenvalue weighted by Gasteiger charge is 2.01. The van der Waals surface area contributed by atoms with Gasteiger partial charge in [0.25, 0.3) is 0 Å². The zero-order valence-electron chi connectivity index (χ0n) is 7.42. The molecule has 13 heavy (non-hydrogen) atoms. The molecule has 0 unspecified atom stereocenters. The van der Waals surface area contributed by atoms with Gasteiger partial charge in [0.1, 0.15) is 13.0 Å². The zero-order chi connectivity index (χ0) is 9.26. The van der Waals surface area contributed by atoms with Crippen LogP contribution >= 0.6 is 11.6 Å². The molecule has 0 aliphatic carbocycles. The number of nitrogens with zero attached hydrogens (tertiary/aromatic N) is 1. The maximum Gasteiger partial charge on any atom is 0.130 e. The predicted octanol–water partition coefficient (Wildman–Crippen LogP) is 2.02. The summed E-state index contributed by atoms with van der Waals surface area (Å²) in [6.45, 7) is 0. The van der Waals surface area contributed by atoms with E-state index in [9.17, 15) is 0 Å². The van der Waals surface area contributed by atoms with Crippen molar-refractivity contribution in [2.75, 3.05) is 0 Å². The van der Waals surface area contributed by atoms with Crippen LogP contribution in [0.2, 0.25) is 5.15 Å². The average Bonchev–Trinajstić information content (AvgIpc) is 2.16. The van der Waals surface area contributed by atoms with E-state index in [1.807, 2.05) is 24.3 Å². The Bertz CT molecular complexity index is 442. The normalized spacial score (nSPS) is 10.5. The molecule has 0 aliphatic rings. The van der Waals surface area contributed by atoms with Crippen molar-refractivity contribution in [3.63, 3.8) is 0 Å². The Balaban J connectivity index is 2.81. The van der Waals surface area contributed by atoms with Crippen LogP contribution in [-0.2, 0) is 6.32 Å². The molecule has 2 aromatic rings. The van der Waals surface area contributed by atoms with E-state index in [4.69, 9.17) is 11.6 Å². The molecule has 1 nitrogen and oxygen atoms in total. The first kappa shape index (κ1) is 8.58. The lowest BCUT2D eigenvalue weighted by Gasteiger charge is -2.03. The number of hydrogen-bond acceptors (Lipinski definition) is 1. The summed E-state index contributed by atoms with van der Waals surface area (Å²) in [5, 5.41) is 1.78. The maximum absolute atomic E-state index is 5.89. The Morgan fingerprint density at radius 3 is 2.85 bits per heavy atom. The minimum atomic E-state index is 0.579. The first-order chi connectivity index (χ1) is 6.31. The summed E-state index contributed by atoms with van der Waals surface area (Å²) in [5.74, 6) is 0.